The third-order valence-electron chi connectivity index (χ3n) is 3.25. The lowest BCUT2D eigenvalue weighted by atomic mass is 10.3. The van der Waals surface area contributed by atoms with E-state index in [9.17, 15) is 17.6 Å². The Morgan fingerprint density at radius 3 is 2.44 bits per heavy atom. The fraction of sp³-hybridized carbons (Fsp3) is 0.133. The number of rotatable bonds is 4. The summed E-state index contributed by atoms with van der Waals surface area (Å²) in [5.74, 6) is -1.27. The number of aryl methyl sites for hydroxylation is 2. The van der Waals surface area contributed by atoms with Crippen molar-refractivity contribution in [2.24, 2.45) is 0 Å². The SMILES string of the molecule is Cc1ccc(S(=O)(=O)NC(=O)c2nc(C)n(-c3ccc(F)cc3)n2)s1. The van der Waals surface area contributed by atoms with Crippen LogP contribution >= 0.6 is 11.3 Å². The largest absolute Gasteiger partial charge is 0.304 e. The molecule has 0 saturated carbocycles. The van der Waals surface area contributed by atoms with Gasteiger partial charge < -0.3 is 0 Å². The van der Waals surface area contributed by atoms with Crippen molar-refractivity contribution in [2.45, 2.75) is 18.1 Å². The van der Waals surface area contributed by atoms with Gasteiger partial charge in [-0.25, -0.2) is 27.2 Å². The van der Waals surface area contributed by atoms with Crippen molar-refractivity contribution in [1.29, 1.82) is 0 Å². The highest BCUT2D eigenvalue weighted by molar-refractivity contribution is 7.92. The van der Waals surface area contributed by atoms with Crippen molar-refractivity contribution in [2.75, 3.05) is 0 Å². The number of hydrogen-bond acceptors (Lipinski definition) is 6. The summed E-state index contributed by atoms with van der Waals surface area (Å²) in [5, 5.41) is 4.00. The Balaban J connectivity index is 1.86. The molecule has 0 unspecified atom stereocenters. The first-order valence-electron chi connectivity index (χ1n) is 7.09. The summed E-state index contributed by atoms with van der Waals surface area (Å²) >= 11 is 1.05. The third-order valence-corrected chi connectivity index (χ3v) is 6.07. The molecule has 1 N–H and O–H groups in total. The van der Waals surface area contributed by atoms with Gasteiger partial charge in [0, 0.05) is 4.88 Å². The van der Waals surface area contributed by atoms with Crippen molar-refractivity contribution >= 4 is 27.3 Å². The highest BCUT2D eigenvalue weighted by Crippen LogP contribution is 2.20. The average molecular weight is 380 g/mol. The third kappa shape index (κ3) is 3.59. The highest BCUT2D eigenvalue weighted by atomic mass is 32.2. The lowest BCUT2D eigenvalue weighted by Crippen LogP contribution is -2.31. The van der Waals surface area contributed by atoms with Crippen LogP contribution in [0.2, 0.25) is 0 Å². The average Bonchev–Trinajstić information content (AvgIpc) is 3.14. The van der Waals surface area contributed by atoms with Crippen LogP contribution in [0, 0.1) is 19.7 Å². The van der Waals surface area contributed by atoms with E-state index in [0.29, 0.717) is 11.5 Å². The standard InChI is InChI=1S/C15H13FN4O3S2/c1-9-3-8-13(24-9)25(22,23)19-15(21)14-17-10(2)20(18-14)12-6-4-11(16)5-7-12/h3-8H,1-2H3,(H,19,21). The normalized spacial score (nSPS) is 11.5. The Kier molecular flexibility index (Phi) is 4.39. The minimum absolute atomic E-state index is 0.0352. The zero-order chi connectivity index (χ0) is 18.2. The Bertz CT molecular complexity index is 1040. The summed E-state index contributed by atoms with van der Waals surface area (Å²) in [6, 6.07) is 8.52. The molecule has 1 aromatic carbocycles. The van der Waals surface area contributed by atoms with Gasteiger partial charge in [-0.3, -0.25) is 4.79 Å². The molecule has 0 aliphatic carbocycles. The van der Waals surface area contributed by atoms with Crippen LogP contribution in [0.15, 0.2) is 40.6 Å². The van der Waals surface area contributed by atoms with E-state index in [1.165, 1.54) is 35.0 Å². The van der Waals surface area contributed by atoms with Crippen molar-refractivity contribution in [1.82, 2.24) is 19.5 Å². The maximum absolute atomic E-state index is 13.0. The minimum atomic E-state index is -3.98. The molecule has 130 valence electrons. The molecule has 2 heterocycles. The van der Waals surface area contributed by atoms with Crippen molar-refractivity contribution in [3.05, 3.63) is 58.7 Å². The molecule has 0 radical (unpaired) electrons. The fourth-order valence-electron chi connectivity index (χ4n) is 2.09. The van der Waals surface area contributed by atoms with Gasteiger partial charge in [-0.1, -0.05) is 0 Å². The zero-order valence-electron chi connectivity index (χ0n) is 13.2. The number of hydrogen-bond donors (Lipinski definition) is 1. The fourth-order valence-corrected chi connectivity index (χ4v) is 4.32. The number of amides is 1. The molecule has 0 fully saturated rings. The van der Waals surface area contributed by atoms with Crippen LogP contribution in [0.4, 0.5) is 4.39 Å². The second-order valence-corrected chi connectivity index (χ2v) is 8.37. The quantitative estimate of drug-likeness (QED) is 0.749. The summed E-state index contributed by atoms with van der Waals surface area (Å²) in [7, 11) is -3.98. The van der Waals surface area contributed by atoms with Crippen molar-refractivity contribution in [3.8, 4) is 5.69 Å². The van der Waals surface area contributed by atoms with E-state index in [-0.39, 0.29) is 10.0 Å². The van der Waals surface area contributed by atoms with Gasteiger partial charge in [0.2, 0.25) is 5.82 Å². The predicted molar refractivity (Wildman–Crippen MR) is 89.8 cm³/mol. The van der Waals surface area contributed by atoms with Crippen LogP contribution in [0.1, 0.15) is 21.3 Å². The number of halogens is 1. The molecule has 0 aliphatic heterocycles. The lowest BCUT2D eigenvalue weighted by Gasteiger charge is -2.02. The van der Waals surface area contributed by atoms with Gasteiger partial charge in [0.25, 0.3) is 10.0 Å². The number of aromatic nitrogens is 3. The van der Waals surface area contributed by atoms with Gasteiger partial charge in [-0.05, 0) is 50.2 Å². The maximum atomic E-state index is 13.0. The van der Waals surface area contributed by atoms with E-state index in [0.717, 1.165) is 16.2 Å². The molecule has 3 rings (SSSR count). The van der Waals surface area contributed by atoms with Crippen LogP contribution in [0.5, 0.6) is 0 Å². The monoisotopic (exact) mass is 380 g/mol. The Morgan fingerprint density at radius 2 is 1.84 bits per heavy atom. The number of nitrogens with zero attached hydrogens (tertiary/aromatic N) is 3. The second kappa shape index (κ2) is 6.37. The van der Waals surface area contributed by atoms with Crippen LogP contribution in [0.25, 0.3) is 5.69 Å². The first-order valence-corrected chi connectivity index (χ1v) is 9.39. The zero-order valence-corrected chi connectivity index (χ0v) is 14.9. The molecule has 0 bridgehead atoms. The molecule has 0 aliphatic rings. The van der Waals surface area contributed by atoms with Gasteiger partial charge in [0.1, 0.15) is 15.9 Å². The topological polar surface area (TPSA) is 94.0 Å². The summed E-state index contributed by atoms with van der Waals surface area (Å²) in [5.41, 5.74) is 0.502. The lowest BCUT2D eigenvalue weighted by molar-refractivity contribution is 0.0971. The van der Waals surface area contributed by atoms with Crippen LogP contribution in [-0.2, 0) is 10.0 Å². The van der Waals surface area contributed by atoms with Crippen LogP contribution in [-0.4, -0.2) is 29.1 Å². The van der Waals surface area contributed by atoms with E-state index < -0.39 is 21.7 Å². The van der Waals surface area contributed by atoms with E-state index in [4.69, 9.17) is 0 Å². The van der Waals surface area contributed by atoms with E-state index in [1.54, 1.807) is 19.9 Å². The minimum Gasteiger partial charge on any atom is -0.264 e. The molecule has 0 saturated heterocycles. The van der Waals surface area contributed by atoms with Gasteiger partial charge >= 0.3 is 5.91 Å². The van der Waals surface area contributed by atoms with Gasteiger partial charge in [-0.2, -0.15) is 0 Å². The van der Waals surface area contributed by atoms with Gasteiger partial charge in [0.15, 0.2) is 0 Å². The van der Waals surface area contributed by atoms with E-state index in [1.807, 2.05) is 4.72 Å². The number of benzene rings is 1. The summed E-state index contributed by atoms with van der Waals surface area (Å²) in [4.78, 5) is 17.0. The molecule has 1 amide bonds. The van der Waals surface area contributed by atoms with Gasteiger partial charge in [-0.15, -0.1) is 16.4 Å². The van der Waals surface area contributed by atoms with E-state index >= 15 is 0 Å². The Hall–Kier alpha value is -2.59. The molecular formula is C15H13FN4O3S2. The predicted octanol–water partition coefficient (Wildman–Crippen LogP) is 2.20. The summed E-state index contributed by atoms with van der Waals surface area (Å²) < 4.78 is 40.7. The number of nitrogens with one attached hydrogen (secondary N) is 1. The van der Waals surface area contributed by atoms with Crippen molar-refractivity contribution in [3.63, 3.8) is 0 Å². The summed E-state index contributed by atoms with van der Waals surface area (Å²) in [6.07, 6.45) is 0. The van der Waals surface area contributed by atoms with Gasteiger partial charge in [0.05, 0.1) is 5.69 Å². The molecule has 0 atom stereocenters. The molecule has 0 spiro atoms. The molecule has 25 heavy (non-hydrogen) atoms. The summed E-state index contributed by atoms with van der Waals surface area (Å²) in [6.45, 7) is 3.37. The first-order chi connectivity index (χ1) is 11.8. The van der Waals surface area contributed by atoms with Crippen LogP contribution in [0.3, 0.4) is 0 Å². The maximum Gasteiger partial charge on any atom is 0.304 e. The number of carbonyl (C=O) groups excluding carboxylic acids is 1. The number of sulfonamides is 1. The highest BCUT2D eigenvalue weighted by Gasteiger charge is 2.23. The molecular weight excluding hydrogens is 367 g/mol. The first kappa shape index (κ1) is 17.2. The number of carbonyl (C=O) groups is 1. The Labute approximate surface area is 147 Å². The van der Waals surface area contributed by atoms with Crippen molar-refractivity contribution < 1.29 is 17.6 Å². The Morgan fingerprint density at radius 1 is 1.16 bits per heavy atom. The molecule has 2 aromatic heterocycles. The van der Waals surface area contributed by atoms with E-state index in [2.05, 4.69) is 10.1 Å². The molecule has 10 heteroatoms. The number of thiophene rings is 1. The van der Waals surface area contributed by atoms with Crippen LogP contribution < -0.4 is 4.72 Å². The smallest absolute Gasteiger partial charge is 0.264 e. The second-order valence-electron chi connectivity index (χ2n) is 5.17. The molecule has 7 nitrogen and oxygen atoms in total. The molecule has 3 aromatic rings.